The van der Waals surface area contributed by atoms with E-state index in [-0.39, 0.29) is 13.0 Å². The van der Waals surface area contributed by atoms with E-state index in [4.69, 9.17) is 0 Å². The number of carbonyl (C=O) groups is 1. The van der Waals surface area contributed by atoms with Gasteiger partial charge in [0.1, 0.15) is 11.9 Å². The molecule has 8 heteroatoms. The van der Waals surface area contributed by atoms with Crippen molar-refractivity contribution < 1.29 is 18.3 Å². The molecular formula is C17H21N3O4S. The van der Waals surface area contributed by atoms with E-state index in [0.29, 0.717) is 12.4 Å². The number of aryl methyl sites for hydroxylation is 1. The molecule has 1 saturated heterocycles. The van der Waals surface area contributed by atoms with Crippen molar-refractivity contribution in [3.8, 4) is 0 Å². The Morgan fingerprint density at radius 3 is 2.60 bits per heavy atom. The summed E-state index contributed by atoms with van der Waals surface area (Å²) in [7, 11) is -3.31. The van der Waals surface area contributed by atoms with Crippen molar-refractivity contribution >= 4 is 21.6 Å². The smallest absolute Gasteiger partial charge is 0.326 e. The van der Waals surface area contributed by atoms with Gasteiger partial charge < -0.3 is 10.0 Å². The Labute approximate surface area is 146 Å². The third-order valence-electron chi connectivity index (χ3n) is 4.50. The predicted molar refractivity (Wildman–Crippen MR) is 94.5 cm³/mol. The minimum Gasteiger partial charge on any atom is -0.480 e. The highest BCUT2D eigenvalue weighted by Gasteiger charge is 2.42. The quantitative estimate of drug-likeness (QED) is 0.861. The normalized spacial score (nSPS) is 20.8. The van der Waals surface area contributed by atoms with Crippen molar-refractivity contribution in [1.82, 2.24) is 9.78 Å². The molecule has 0 radical (unpaired) electrons. The lowest BCUT2D eigenvalue weighted by Crippen LogP contribution is -2.37. The molecule has 2 heterocycles. The van der Waals surface area contributed by atoms with Crippen LogP contribution in [0.2, 0.25) is 0 Å². The average Bonchev–Trinajstić information content (AvgIpc) is 3.11. The van der Waals surface area contributed by atoms with Gasteiger partial charge in [0.15, 0.2) is 9.84 Å². The molecule has 0 saturated carbocycles. The van der Waals surface area contributed by atoms with Crippen LogP contribution in [0.15, 0.2) is 36.4 Å². The second-order valence-corrected chi connectivity index (χ2v) is 8.81. The zero-order valence-corrected chi connectivity index (χ0v) is 15.0. The summed E-state index contributed by atoms with van der Waals surface area (Å²) in [5.74, 6) is -0.379. The Balaban J connectivity index is 1.96. The summed E-state index contributed by atoms with van der Waals surface area (Å²) in [6.45, 7) is 2.50. The highest BCUT2D eigenvalue weighted by atomic mass is 32.2. The van der Waals surface area contributed by atoms with Crippen LogP contribution in [0.3, 0.4) is 0 Å². The number of anilines is 1. The van der Waals surface area contributed by atoms with Crippen molar-refractivity contribution in [2.75, 3.05) is 17.7 Å². The first-order valence-electron chi connectivity index (χ1n) is 8.02. The molecule has 1 fully saturated rings. The third kappa shape index (κ3) is 3.68. The molecule has 2 aromatic rings. The minimum absolute atomic E-state index is 0.0870. The highest BCUT2D eigenvalue weighted by Crippen LogP contribution is 2.30. The van der Waals surface area contributed by atoms with Gasteiger partial charge in [0.05, 0.1) is 17.5 Å². The zero-order chi connectivity index (χ0) is 18.2. The Kier molecular flexibility index (Phi) is 4.55. The number of carboxylic acids is 1. The summed E-state index contributed by atoms with van der Waals surface area (Å²) in [4.78, 5) is 13.3. The molecule has 0 bridgehead atoms. The van der Waals surface area contributed by atoms with E-state index < -0.39 is 27.1 Å². The summed E-state index contributed by atoms with van der Waals surface area (Å²) >= 11 is 0. The lowest BCUT2D eigenvalue weighted by atomic mass is 10.2. The number of benzene rings is 1. The van der Waals surface area contributed by atoms with Crippen LogP contribution in [0.5, 0.6) is 0 Å². The number of carboxylic acid groups (broad SMARTS) is 1. The van der Waals surface area contributed by atoms with Crippen molar-refractivity contribution in [2.45, 2.75) is 31.2 Å². The molecule has 1 aliphatic heterocycles. The van der Waals surface area contributed by atoms with Crippen LogP contribution in [-0.2, 0) is 21.2 Å². The van der Waals surface area contributed by atoms with E-state index in [2.05, 4.69) is 5.10 Å². The van der Waals surface area contributed by atoms with Gasteiger partial charge in [-0.15, -0.1) is 0 Å². The maximum Gasteiger partial charge on any atom is 0.326 e. The van der Waals surface area contributed by atoms with E-state index in [1.54, 1.807) is 9.58 Å². The monoisotopic (exact) mass is 363 g/mol. The van der Waals surface area contributed by atoms with Crippen molar-refractivity contribution in [3.63, 3.8) is 0 Å². The predicted octanol–water partition coefficient (Wildman–Crippen LogP) is 1.32. The van der Waals surface area contributed by atoms with Gasteiger partial charge in [0.2, 0.25) is 0 Å². The van der Waals surface area contributed by atoms with E-state index >= 15 is 0 Å². The molecule has 3 rings (SSSR count). The molecule has 1 aromatic carbocycles. The fraction of sp³-hybridized carbons (Fsp3) is 0.412. The second kappa shape index (κ2) is 6.51. The minimum atomic E-state index is -3.31. The van der Waals surface area contributed by atoms with E-state index in [1.807, 2.05) is 43.3 Å². The Hall–Kier alpha value is -2.35. The van der Waals surface area contributed by atoms with Crippen LogP contribution in [0.1, 0.15) is 17.7 Å². The maximum atomic E-state index is 11.9. The fourth-order valence-corrected chi connectivity index (χ4v) is 4.19. The first-order valence-corrected chi connectivity index (χ1v) is 9.98. The van der Waals surface area contributed by atoms with Crippen LogP contribution in [0.4, 0.5) is 5.82 Å². The molecule has 0 spiro atoms. The molecule has 0 amide bonds. The average molecular weight is 363 g/mol. The van der Waals surface area contributed by atoms with Crippen LogP contribution in [0, 0.1) is 6.92 Å². The first kappa shape index (κ1) is 17.5. The van der Waals surface area contributed by atoms with Crippen LogP contribution >= 0.6 is 0 Å². The molecule has 2 unspecified atom stereocenters. The zero-order valence-electron chi connectivity index (χ0n) is 14.2. The lowest BCUT2D eigenvalue weighted by molar-refractivity contribution is -0.138. The Bertz CT molecular complexity index is 877. The van der Waals surface area contributed by atoms with Crippen LogP contribution in [-0.4, -0.2) is 53.4 Å². The molecule has 1 aromatic heterocycles. The largest absolute Gasteiger partial charge is 0.480 e. The molecule has 134 valence electrons. The van der Waals surface area contributed by atoms with Gasteiger partial charge in [-0.2, -0.15) is 5.10 Å². The number of rotatable bonds is 5. The van der Waals surface area contributed by atoms with Crippen LogP contribution in [0.25, 0.3) is 0 Å². The molecule has 1 N–H and O–H groups in total. The molecule has 7 nitrogen and oxygen atoms in total. The highest BCUT2D eigenvalue weighted by molar-refractivity contribution is 7.91. The number of aromatic nitrogens is 2. The number of nitrogens with zero attached hydrogens (tertiary/aromatic N) is 3. The molecule has 0 aliphatic carbocycles. The summed E-state index contributed by atoms with van der Waals surface area (Å²) in [6.07, 6.45) is 1.25. The van der Waals surface area contributed by atoms with Gasteiger partial charge in [-0.3, -0.25) is 0 Å². The van der Waals surface area contributed by atoms with Gasteiger partial charge in [-0.1, -0.05) is 30.3 Å². The van der Waals surface area contributed by atoms with Gasteiger partial charge in [0, 0.05) is 18.9 Å². The maximum absolute atomic E-state index is 11.9. The lowest BCUT2D eigenvalue weighted by Gasteiger charge is -2.24. The molecule has 1 aliphatic rings. The molecule has 2 atom stereocenters. The van der Waals surface area contributed by atoms with E-state index in [0.717, 1.165) is 17.5 Å². The number of hydrogen-bond acceptors (Lipinski definition) is 5. The topological polar surface area (TPSA) is 92.5 Å². The number of sulfone groups is 1. The van der Waals surface area contributed by atoms with Crippen molar-refractivity contribution in [2.24, 2.45) is 0 Å². The Morgan fingerprint density at radius 1 is 1.32 bits per heavy atom. The third-order valence-corrected chi connectivity index (χ3v) is 6.06. The van der Waals surface area contributed by atoms with E-state index in [9.17, 15) is 18.3 Å². The summed E-state index contributed by atoms with van der Waals surface area (Å²) in [5.41, 5.74) is 1.80. The molecular weight excluding hydrogens is 342 g/mol. The SMILES string of the molecule is Cc1cc(N2CC(S(C)(=O)=O)CC2C(=O)O)n(Cc2ccccc2)n1. The summed E-state index contributed by atoms with van der Waals surface area (Å²) < 4.78 is 25.6. The molecule has 25 heavy (non-hydrogen) atoms. The standard InChI is InChI=1S/C17H21N3O4S/c1-12-8-16(20(18-12)10-13-6-4-3-5-7-13)19-11-14(25(2,23)24)9-15(19)17(21)22/h3-8,14-15H,9-11H2,1-2H3,(H,21,22). The number of hydrogen-bond donors (Lipinski definition) is 1. The van der Waals surface area contributed by atoms with Crippen molar-refractivity contribution in [1.29, 1.82) is 0 Å². The van der Waals surface area contributed by atoms with E-state index in [1.165, 1.54) is 0 Å². The first-order chi connectivity index (χ1) is 11.8. The van der Waals surface area contributed by atoms with Gasteiger partial charge >= 0.3 is 5.97 Å². The number of aliphatic carboxylic acids is 1. The van der Waals surface area contributed by atoms with Gasteiger partial charge in [-0.05, 0) is 18.9 Å². The van der Waals surface area contributed by atoms with Gasteiger partial charge in [-0.25, -0.2) is 17.9 Å². The van der Waals surface area contributed by atoms with Gasteiger partial charge in [0.25, 0.3) is 0 Å². The summed E-state index contributed by atoms with van der Waals surface area (Å²) in [6, 6.07) is 10.7. The fourth-order valence-electron chi connectivity index (χ4n) is 3.23. The van der Waals surface area contributed by atoms with Crippen LogP contribution < -0.4 is 4.90 Å². The van der Waals surface area contributed by atoms with Crippen molar-refractivity contribution in [3.05, 3.63) is 47.7 Å². The Morgan fingerprint density at radius 2 is 2.00 bits per heavy atom. The second-order valence-electron chi connectivity index (χ2n) is 6.48. The summed E-state index contributed by atoms with van der Waals surface area (Å²) in [5, 5.41) is 13.3.